The summed E-state index contributed by atoms with van der Waals surface area (Å²) in [5.74, 6) is 0. The third-order valence-electron chi connectivity index (χ3n) is 1.89. The van der Waals surface area contributed by atoms with Crippen LogP contribution in [0.3, 0.4) is 0 Å². The summed E-state index contributed by atoms with van der Waals surface area (Å²) in [5.41, 5.74) is -0.665. The molecular weight excluding hydrogens is 195 g/mol. The quantitative estimate of drug-likeness (QED) is 0.653. The molecule has 0 unspecified atom stereocenters. The van der Waals surface area contributed by atoms with Crippen molar-refractivity contribution in [1.29, 1.82) is 0 Å². The SMILES string of the molecule is Cc1c(C(F)(F)F)nc2cccnn12. The zero-order valence-electron chi connectivity index (χ0n) is 7.21. The average molecular weight is 201 g/mol. The lowest BCUT2D eigenvalue weighted by Crippen LogP contribution is -2.07. The lowest BCUT2D eigenvalue weighted by molar-refractivity contribution is -0.141. The Morgan fingerprint density at radius 3 is 2.64 bits per heavy atom. The van der Waals surface area contributed by atoms with Crippen LogP contribution >= 0.6 is 0 Å². The molecule has 14 heavy (non-hydrogen) atoms. The monoisotopic (exact) mass is 201 g/mol. The van der Waals surface area contributed by atoms with E-state index in [-0.39, 0.29) is 11.3 Å². The molecule has 0 amide bonds. The van der Waals surface area contributed by atoms with E-state index in [1.54, 1.807) is 6.07 Å². The number of imidazole rings is 1. The van der Waals surface area contributed by atoms with Crippen LogP contribution in [-0.4, -0.2) is 14.6 Å². The van der Waals surface area contributed by atoms with E-state index in [2.05, 4.69) is 10.1 Å². The standard InChI is InChI=1S/C8H6F3N3/c1-5-7(8(9,10)11)13-6-3-2-4-12-14(5)6/h2-4H,1H3. The summed E-state index contributed by atoms with van der Waals surface area (Å²) < 4.78 is 38.3. The zero-order valence-corrected chi connectivity index (χ0v) is 7.21. The lowest BCUT2D eigenvalue weighted by Gasteiger charge is -2.02. The van der Waals surface area contributed by atoms with E-state index in [4.69, 9.17) is 0 Å². The fourth-order valence-corrected chi connectivity index (χ4v) is 1.27. The van der Waals surface area contributed by atoms with Crippen molar-refractivity contribution in [2.45, 2.75) is 13.1 Å². The van der Waals surface area contributed by atoms with Crippen LogP contribution in [0.2, 0.25) is 0 Å². The van der Waals surface area contributed by atoms with Crippen LogP contribution in [0.1, 0.15) is 11.4 Å². The van der Waals surface area contributed by atoms with Crippen LogP contribution in [0.15, 0.2) is 18.3 Å². The first-order valence-corrected chi connectivity index (χ1v) is 3.87. The van der Waals surface area contributed by atoms with E-state index in [1.165, 1.54) is 23.7 Å². The van der Waals surface area contributed by atoms with Gasteiger partial charge in [-0.2, -0.15) is 18.3 Å². The van der Waals surface area contributed by atoms with Crippen LogP contribution in [0, 0.1) is 6.92 Å². The van der Waals surface area contributed by atoms with Gasteiger partial charge in [0.2, 0.25) is 0 Å². The second kappa shape index (κ2) is 2.70. The molecule has 0 spiro atoms. The minimum absolute atomic E-state index is 0.00750. The summed E-state index contributed by atoms with van der Waals surface area (Å²) in [6, 6.07) is 3.02. The first-order valence-electron chi connectivity index (χ1n) is 3.87. The highest BCUT2D eigenvalue weighted by atomic mass is 19.4. The van der Waals surface area contributed by atoms with E-state index >= 15 is 0 Å². The van der Waals surface area contributed by atoms with Crippen molar-refractivity contribution in [2.24, 2.45) is 0 Å². The molecule has 0 saturated heterocycles. The molecule has 0 fully saturated rings. The highest BCUT2D eigenvalue weighted by Crippen LogP contribution is 2.30. The van der Waals surface area contributed by atoms with E-state index in [1.807, 2.05) is 0 Å². The number of rotatable bonds is 0. The van der Waals surface area contributed by atoms with Crippen molar-refractivity contribution in [3.8, 4) is 0 Å². The van der Waals surface area contributed by atoms with Crippen molar-refractivity contribution < 1.29 is 13.2 Å². The summed E-state index contributed by atoms with van der Waals surface area (Å²) in [4.78, 5) is 3.46. The zero-order chi connectivity index (χ0) is 10.3. The van der Waals surface area contributed by atoms with E-state index in [0.29, 0.717) is 0 Å². The van der Waals surface area contributed by atoms with Gasteiger partial charge in [0.1, 0.15) is 0 Å². The molecule has 0 atom stereocenters. The van der Waals surface area contributed by atoms with Crippen LogP contribution in [0.5, 0.6) is 0 Å². The molecule has 0 aliphatic heterocycles. The Labute approximate surface area is 77.2 Å². The van der Waals surface area contributed by atoms with Gasteiger partial charge in [0.25, 0.3) is 0 Å². The van der Waals surface area contributed by atoms with Crippen molar-refractivity contribution in [3.63, 3.8) is 0 Å². The fraction of sp³-hybridized carbons (Fsp3) is 0.250. The van der Waals surface area contributed by atoms with Gasteiger partial charge in [0.15, 0.2) is 11.3 Å². The molecular formula is C8H6F3N3. The Kier molecular flexibility index (Phi) is 1.73. The van der Waals surface area contributed by atoms with Crippen LogP contribution in [0.4, 0.5) is 13.2 Å². The normalized spacial score (nSPS) is 12.3. The van der Waals surface area contributed by atoms with Gasteiger partial charge in [-0.05, 0) is 19.1 Å². The summed E-state index contributed by atoms with van der Waals surface area (Å²) in [6.07, 6.45) is -3.00. The molecule has 3 nitrogen and oxygen atoms in total. The second-order valence-electron chi connectivity index (χ2n) is 2.84. The third-order valence-corrected chi connectivity index (χ3v) is 1.89. The molecule has 74 valence electrons. The molecule has 6 heteroatoms. The van der Waals surface area contributed by atoms with Crippen LogP contribution in [-0.2, 0) is 6.18 Å². The van der Waals surface area contributed by atoms with Gasteiger partial charge in [-0.1, -0.05) is 0 Å². The van der Waals surface area contributed by atoms with Gasteiger partial charge >= 0.3 is 6.18 Å². The maximum absolute atomic E-state index is 12.4. The third kappa shape index (κ3) is 1.23. The van der Waals surface area contributed by atoms with Crippen molar-refractivity contribution in [2.75, 3.05) is 0 Å². The minimum atomic E-state index is -4.42. The number of hydrogen-bond acceptors (Lipinski definition) is 2. The Morgan fingerprint density at radius 2 is 2.07 bits per heavy atom. The van der Waals surface area contributed by atoms with Gasteiger partial charge in [0.05, 0.1) is 5.69 Å². The average Bonchev–Trinajstić information content (AvgIpc) is 2.44. The smallest absolute Gasteiger partial charge is 0.222 e. The highest BCUT2D eigenvalue weighted by molar-refractivity contribution is 5.41. The van der Waals surface area contributed by atoms with Crippen molar-refractivity contribution in [3.05, 3.63) is 29.7 Å². The van der Waals surface area contributed by atoms with E-state index < -0.39 is 11.9 Å². The largest absolute Gasteiger partial charge is 0.435 e. The summed E-state index contributed by atoms with van der Waals surface area (Å²) in [5, 5.41) is 3.77. The fourth-order valence-electron chi connectivity index (χ4n) is 1.27. The predicted molar refractivity (Wildman–Crippen MR) is 42.7 cm³/mol. The molecule has 0 aliphatic carbocycles. The van der Waals surface area contributed by atoms with Gasteiger partial charge in [0, 0.05) is 6.20 Å². The maximum Gasteiger partial charge on any atom is 0.435 e. The molecule has 0 saturated carbocycles. The highest BCUT2D eigenvalue weighted by Gasteiger charge is 2.36. The molecule has 0 N–H and O–H groups in total. The first kappa shape index (κ1) is 8.98. The number of aryl methyl sites for hydroxylation is 1. The number of halogens is 3. The first-order chi connectivity index (χ1) is 6.50. The minimum Gasteiger partial charge on any atom is -0.222 e. The number of fused-ring (bicyclic) bond motifs is 1. The van der Waals surface area contributed by atoms with Crippen molar-refractivity contribution >= 4 is 5.65 Å². The topological polar surface area (TPSA) is 30.2 Å². The molecule has 0 radical (unpaired) electrons. The summed E-state index contributed by atoms with van der Waals surface area (Å²) >= 11 is 0. The number of nitrogens with zero attached hydrogens (tertiary/aromatic N) is 3. The number of hydrogen-bond donors (Lipinski definition) is 0. The molecule has 0 bridgehead atoms. The van der Waals surface area contributed by atoms with Gasteiger partial charge in [-0.25, -0.2) is 9.50 Å². The summed E-state index contributed by atoms with van der Waals surface area (Å²) in [7, 11) is 0. The van der Waals surface area contributed by atoms with Gasteiger partial charge in [-0.15, -0.1) is 0 Å². The molecule has 2 rings (SSSR count). The van der Waals surface area contributed by atoms with Gasteiger partial charge < -0.3 is 0 Å². The molecule has 0 aliphatic rings. The number of alkyl halides is 3. The van der Waals surface area contributed by atoms with Crippen molar-refractivity contribution in [1.82, 2.24) is 14.6 Å². The molecule has 2 aromatic rings. The Hall–Kier alpha value is -1.59. The maximum atomic E-state index is 12.4. The van der Waals surface area contributed by atoms with E-state index in [9.17, 15) is 13.2 Å². The molecule has 2 aromatic heterocycles. The van der Waals surface area contributed by atoms with E-state index in [0.717, 1.165) is 0 Å². The van der Waals surface area contributed by atoms with Crippen LogP contribution < -0.4 is 0 Å². The summed E-state index contributed by atoms with van der Waals surface area (Å²) in [6.45, 7) is 1.34. The van der Waals surface area contributed by atoms with Gasteiger partial charge in [-0.3, -0.25) is 0 Å². The Bertz CT molecular complexity index is 472. The molecule has 0 aromatic carbocycles. The second-order valence-corrected chi connectivity index (χ2v) is 2.84. The molecule has 2 heterocycles. The Balaban J connectivity index is 2.75. The Morgan fingerprint density at radius 1 is 1.36 bits per heavy atom. The van der Waals surface area contributed by atoms with Crippen LogP contribution in [0.25, 0.3) is 5.65 Å². The number of aromatic nitrogens is 3. The lowest BCUT2D eigenvalue weighted by atomic mass is 10.3. The predicted octanol–water partition coefficient (Wildman–Crippen LogP) is 2.06.